The summed E-state index contributed by atoms with van der Waals surface area (Å²) in [5.74, 6) is 0.671. The maximum absolute atomic E-state index is 12.2. The lowest BCUT2D eigenvalue weighted by molar-refractivity contribution is 0.259. The summed E-state index contributed by atoms with van der Waals surface area (Å²) < 4.78 is 32.1. The maximum Gasteiger partial charge on any atom is 0.247 e. The highest BCUT2D eigenvalue weighted by Gasteiger charge is 2.21. The van der Waals surface area contributed by atoms with Crippen LogP contribution in [0.4, 0.5) is 0 Å². The van der Waals surface area contributed by atoms with Crippen molar-refractivity contribution in [1.82, 2.24) is 14.6 Å². The number of sulfonamides is 1. The molecule has 1 unspecified atom stereocenters. The Labute approximate surface area is 122 Å². The Morgan fingerprint density at radius 1 is 1.33 bits per heavy atom. The van der Waals surface area contributed by atoms with Gasteiger partial charge in [0, 0.05) is 18.8 Å². The molecule has 2 heterocycles. The van der Waals surface area contributed by atoms with Gasteiger partial charge in [0.25, 0.3) is 0 Å². The quantitative estimate of drug-likeness (QED) is 0.812. The molecule has 114 valence electrons. The molecule has 1 atom stereocenters. The average Bonchev–Trinajstić information content (AvgIpc) is 2.93. The molecular weight excluding hydrogens is 294 g/mol. The first-order valence-corrected chi connectivity index (χ1v) is 7.77. The van der Waals surface area contributed by atoms with Crippen molar-refractivity contribution >= 4 is 10.0 Å². The van der Waals surface area contributed by atoms with Crippen molar-refractivity contribution in [2.24, 2.45) is 0 Å². The molecule has 2 aromatic heterocycles. The van der Waals surface area contributed by atoms with Crippen LogP contribution in [0.25, 0.3) is 0 Å². The predicted molar refractivity (Wildman–Crippen MR) is 77.4 cm³/mol. The summed E-state index contributed by atoms with van der Waals surface area (Å²) in [5.41, 5.74) is -0.351. The highest BCUT2D eigenvalue weighted by atomic mass is 32.2. The van der Waals surface area contributed by atoms with Crippen LogP contribution in [0.2, 0.25) is 0 Å². The third kappa shape index (κ3) is 3.81. The molecule has 0 aliphatic carbocycles. The highest BCUT2D eigenvalue weighted by molar-refractivity contribution is 7.89. The minimum absolute atomic E-state index is 0.0130. The predicted octanol–water partition coefficient (Wildman–Crippen LogP) is 0.549. The molecule has 21 heavy (non-hydrogen) atoms. The smallest absolute Gasteiger partial charge is 0.247 e. The van der Waals surface area contributed by atoms with Gasteiger partial charge in [0.05, 0.1) is 17.2 Å². The number of H-pyrrole nitrogens is 1. The van der Waals surface area contributed by atoms with Crippen LogP contribution in [-0.2, 0) is 10.0 Å². The number of rotatable bonds is 6. The normalized spacial score (nSPS) is 13.5. The van der Waals surface area contributed by atoms with E-state index in [1.807, 2.05) is 19.0 Å². The SMILES string of the molecule is CN(C)C(CNS(=O)(=O)c1ccc(=O)[nH]c1)c1ccco1. The molecule has 0 saturated carbocycles. The lowest BCUT2D eigenvalue weighted by Gasteiger charge is -2.22. The van der Waals surface area contributed by atoms with Crippen LogP contribution in [0.3, 0.4) is 0 Å². The standard InChI is InChI=1S/C13H17N3O4S/c1-16(2)11(12-4-3-7-20-12)9-15-21(18,19)10-5-6-13(17)14-8-10/h3-8,11,15H,9H2,1-2H3,(H,14,17). The number of pyridine rings is 1. The largest absolute Gasteiger partial charge is 0.468 e. The summed E-state index contributed by atoms with van der Waals surface area (Å²) in [4.78, 5) is 15.2. The zero-order valence-electron chi connectivity index (χ0n) is 11.7. The number of aromatic nitrogens is 1. The molecule has 0 aliphatic rings. The number of hydrogen-bond acceptors (Lipinski definition) is 5. The van der Waals surface area contributed by atoms with E-state index in [9.17, 15) is 13.2 Å². The molecule has 0 spiro atoms. The number of nitrogens with one attached hydrogen (secondary N) is 2. The average molecular weight is 311 g/mol. The fraction of sp³-hybridized carbons (Fsp3) is 0.308. The van der Waals surface area contributed by atoms with Gasteiger partial charge < -0.3 is 9.40 Å². The van der Waals surface area contributed by atoms with Crippen molar-refractivity contribution in [3.8, 4) is 0 Å². The van der Waals surface area contributed by atoms with Gasteiger partial charge in [-0.15, -0.1) is 0 Å². The summed E-state index contributed by atoms with van der Waals surface area (Å²) >= 11 is 0. The van der Waals surface area contributed by atoms with Crippen molar-refractivity contribution < 1.29 is 12.8 Å². The summed E-state index contributed by atoms with van der Waals surface area (Å²) in [6, 6.07) is 5.75. The molecular formula is C13H17N3O4S. The van der Waals surface area contributed by atoms with E-state index in [4.69, 9.17) is 4.42 Å². The highest BCUT2D eigenvalue weighted by Crippen LogP contribution is 2.18. The van der Waals surface area contributed by atoms with Crippen LogP contribution in [0.1, 0.15) is 11.8 Å². The topological polar surface area (TPSA) is 95.4 Å². The minimum Gasteiger partial charge on any atom is -0.468 e. The van der Waals surface area contributed by atoms with Crippen molar-refractivity contribution in [3.05, 3.63) is 52.8 Å². The fourth-order valence-electron chi connectivity index (χ4n) is 1.85. The van der Waals surface area contributed by atoms with E-state index >= 15 is 0 Å². The van der Waals surface area contributed by atoms with E-state index in [0.29, 0.717) is 5.76 Å². The summed E-state index contributed by atoms with van der Waals surface area (Å²) in [5, 5.41) is 0. The van der Waals surface area contributed by atoms with Gasteiger partial charge in [0.15, 0.2) is 0 Å². The monoisotopic (exact) mass is 311 g/mol. The molecule has 0 fully saturated rings. The third-order valence-electron chi connectivity index (χ3n) is 3.03. The Balaban J connectivity index is 2.13. The van der Waals surface area contributed by atoms with Gasteiger partial charge in [0.2, 0.25) is 15.6 Å². The van der Waals surface area contributed by atoms with Crippen LogP contribution >= 0.6 is 0 Å². The zero-order valence-corrected chi connectivity index (χ0v) is 12.6. The van der Waals surface area contributed by atoms with Crippen molar-refractivity contribution in [2.75, 3.05) is 20.6 Å². The molecule has 0 aromatic carbocycles. The Morgan fingerprint density at radius 3 is 2.62 bits per heavy atom. The molecule has 2 rings (SSSR count). The van der Waals surface area contributed by atoms with Crippen molar-refractivity contribution in [1.29, 1.82) is 0 Å². The second kappa shape index (κ2) is 6.25. The van der Waals surface area contributed by atoms with Gasteiger partial charge in [-0.05, 0) is 32.3 Å². The Kier molecular flexibility index (Phi) is 4.61. The molecule has 0 bridgehead atoms. The van der Waals surface area contributed by atoms with E-state index in [1.165, 1.54) is 18.3 Å². The zero-order chi connectivity index (χ0) is 15.5. The minimum atomic E-state index is -3.69. The summed E-state index contributed by atoms with van der Waals surface area (Å²) in [6.07, 6.45) is 2.71. The molecule has 0 amide bonds. The van der Waals surface area contributed by atoms with Crippen molar-refractivity contribution in [2.45, 2.75) is 10.9 Å². The Bertz CT molecular complexity index is 715. The molecule has 0 saturated heterocycles. The number of nitrogens with zero attached hydrogens (tertiary/aromatic N) is 1. The molecule has 2 aromatic rings. The lowest BCUT2D eigenvalue weighted by atomic mass is 10.2. The van der Waals surface area contributed by atoms with Crippen LogP contribution in [0, 0.1) is 0 Å². The van der Waals surface area contributed by atoms with Crippen molar-refractivity contribution in [3.63, 3.8) is 0 Å². The van der Waals surface area contributed by atoms with E-state index in [0.717, 1.165) is 0 Å². The summed E-state index contributed by atoms with van der Waals surface area (Å²) in [6.45, 7) is 0.155. The second-order valence-electron chi connectivity index (χ2n) is 4.74. The summed E-state index contributed by atoms with van der Waals surface area (Å²) in [7, 11) is -0.0155. The van der Waals surface area contributed by atoms with Crippen LogP contribution < -0.4 is 10.3 Å². The van der Waals surface area contributed by atoms with Crippen LogP contribution in [0.5, 0.6) is 0 Å². The first-order valence-electron chi connectivity index (χ1n) is 6.28. The maximum atomic E-state index is 12.2. The van der Waals surface area contributed by atoms with Crippen LogP contribution in [-0.4, -0.2) is 38.9 Å². The lowest BCUT2D eigenvalue weighted by Crippen LogP contribution is -2.34. The molecule has 0 radical (unpaired) electrons. The van der Waals surface area contributed by atoms with Crippen LogP contribution in [0.15, 0.2) is 50.8 Å². The fourth-order valence-corrected chi connectivity index (χ4v) is 2.86. The van der Waals surface area contributed by atoms with E-state index in [2.05, 4.69) is 9.71 Å². The molecule has 0 aliphatic heterocycles. The number of likely N-dealkylation sites (N-methyl/N-ethyl adjacent to an activating group) is 1. The van der Waals surface area contributed by atoms with Gasteiger partial charge >= 0.3 is 0 Å². The van der Waals surface area contributed by atoms with Gasteiger partial charge in [-0.25, -0.2) is 13.1 Å². The number of aromatic amines is 1. The van der Waals surface area contributed by atoms with E-state index < -0.39 is 10.0 Å². The molecule has 7 nitrogen and oxygen atoms in total. The Hall–Kier alpha value is -1.90. The molecule has 8 heteroatoms. The van der Waals surface area contributed by atoms with Gasteiger partial charge in [-0.1, -0.05) is 0 Å². The molecule has 2 N–H and O–H groups in total. The first-order chi connectivity index (χ1) is 9.90. The Morgan fingerprint density at radius 2 is 2.10 bits per heavy atom. The number of furan rings is 1. The number of hydrogen-bond donors (Lipinski definition) is 2. The van der Waals surface area contributed by atoms with Gasteiger partial charge in [0.1, 0.15) is 5.76 Å². The first kappa shape index (κ1) is 15.5. The third-order valence-corrected chi connectivity index (χ3v) is 4.45. The van der Waals surface area contributed by atoms with Gasteiger partial charge in [-0.3, -0.25) is 9.69 Å². The van der Waals surface area contributed by atoms with Gasteiger partial charge in [-0.2, -0.15) is 0 Å². The van der Waals surface area contributed by atoms with E-state index in [1.54, 1.807) is 18.4 Å². The second-order valence-corrected chi connectivity index (χ2v) is 6.50. The van der Waals surface area contributed by atoms with E-state index in [-0.39, 0.29) is 23.0 Å².